The highest BCUT2D eigenvalue weighted by Gasteiger charge is 2.20. The number of benzene rings is 1. The summed E-state index contributed by atoms with van der Waals surface area (Å²) in [7, 11) is 0. The maximum absolute atomic E-state index is 12.5. The van der Waals surface area contributed by atoms with Crippen molar-refractivity contribution < 1.29 is 19.7 Å². The smallest absolute Gasteiger partial charge is 0.170 e. The average molecular weight is 197 g/mol. The quantitative estimate of drug-likeness (QED) is 0.601. The summed E-state index contributed by atoms with van der Waals surface area (Å²) in [6.07, 6.45) is -3.19. The SMILES string of the molecule is N#CC(O)C(O)c1ccc(F)cc1O. The van der Waals surface area contributed by atoms with Gasteiger partial charge in [-0.15, -0.1) is 0 Å². The van der Waals surface area contributed by atoms with Gasteiger partial charge in [-0.05, 0) is 12.1 Å². The minimum absolute atomic E-state index is 0.0829. The highest BCUT2D eigenvalue weighted by atomic mass is 19.1. The molecule has 0 aliphatic rings. The predicted octanol–water partition coefficient (Wildman–Crippen LogP) is 0.449. The van der Waals surface area contributed by atoms with Crippen LogP contribution in [0.4, 0.5) is 4.39 Å². The number of aliphatic hydroxyl groups excluding tert-OH is 2. The molecular formula is C9H8FNO3. The molecule has 0 amide bonds. The Labute approximate surface area is 79.5 Å². The topological polar surface area (TPSA) is 84.5 Å². The molecule has 1 aromatic rings. The summed E-state index contributed by atoms with van der Waals surface area (Å²) in [5.41, 5.74) is -0.0829. The Morgan fingerprint density at radius 3 is 2.50 bits per heavy atom. The van der Waals surface area contributed by atoms with Crippen molar-refractivity contribution in [2.45, 2.75) is 12.2 Å². The number of hydrogen-bond donors (Lipinski definition) is 3. The van der Waals surface area contributed by atoms with Crippen molar-refractivity contribution in [2.24, 2.45) is 0 Å². The largest absolute Gasteiger partial charge is 0.507 e. The van der Waals surface area contributed by atoms with Crippen LogP contribution in [0.2, 0.25) is 0 Å². The molecule has 0 aliphatic carbocycles. The number of rotatable bonds is 2. The van der Waals surface area contributed by atoms with Gasteiger partial charge < -0.3 is 15.3 Å². The molecule has 0 aromatic heterocycles. The molecule has 0 spiro atoms. The van der Waals surface area contributed by atoms with Crippen LogP contribution in [-0.4, -0.2) is 21.4 Å². The molecule has 2 unspecified atom stereocenters. The molecule has 4 nitrogen and oxygen atoms in total. The van der Waals surface area contributed by atoms with Crippen LogP contribution in [-0.2, 0) is 0 Å². The number of phenols is 1. The van der Waals surface area contributed by atoms with E-state index >= 15 is 0 Å². The van der Waals surface area contributed by atoms with E-state index in [4.69, 9.17) is 10.4 Å². The van der Waals surface area contributed by atoms with Gasteiger partial charge in [0.15, 0.2) is 6.10 Å². The van der Waals surface area contributed by atoms with Crippen LogP contribution < -0.4 is 0 Å². The number of nitriles is 1. The summed E-state index contributed by atoms with van der Waals surface area (Å²) in [5, 5.41) is 35.7. The number of phenolic OH excluding ortho intramolecular Hbond substituents is 1. The monoisotopic (exact) mass is 197 g/mol. The molecule has 0 radical (unpaired) electrons. The first-order valence-electron chi connectivity index (χ1n) is 3.80. The Morgan fingerprint density at radius 1 is 1.36 bits per heavy atom. The molecule has 5 heteroatoms. The summed E-state index contributed by atoms with van der Waals surface area (Å²) >= 11 is 0. The first-order valence-corrected chi connectivity index (χ1v) is 3.80. The Kier molecular flexibility index (Phi) is 3.02. The van der Waals surface area contributed by atoms with Crippen LogP contribution >= 0.6 is 0 Å². The molecular weight excluding hydrogens is 189 g/mol. The summed E-state index contributed by atoms with van der Waals surface area (Å²) in [6.45, 7) is 0. The third-order valence-electron chi connectivity index (χ3n) is 1.74. The van der Waals surface area contributed by atoms with Crippen LogP contribution in [0.1, 0.15) is 11.7 Å². The van der Waals surface area contributed by atoms with Gasteiger partial charge in [0, 0.05) is 11.6 Å². The van der Waals surface area contributed by atoms with E-state index in [0.717, 1.165) is 18.2 Å². The highest BCUT2D eigenvalue weighted by molar-refractivity contribution is 5.35. The second-order valence-corrected chi connectivity index (χ2v) is 2.72. The van der Waals surface area contributed by atoms with Crippen LogP contribution in [0.15, 0.2) is 18.2 Å². The van der Waals surface area contributed by atoms with E-state index in [1.54, 1.807) is 0 Å². The molecule has 3 N–H and O–H groups in total. The van der Waals surface area contributed by atoms with Gasteiger partial charge in [0.05, 0.1) is 6.07 Å². The predicted molar refractivity (Wildman–Crippen MR) is 44.6 cm³/mol. The maximum atomic E-state index is 12.5. The number of nitrogens with zero attached hydrogens (tertiary/aromatic N) is 1. The van der Waals surface area contributed by atoms with Gasteiger partial charge in [0.1, 0.15) is 17.7 Å². The molecule has 1 aromatic carbocycles. The van der Waals surface area contributed by atoms with Crippen molar-refractivity contribution in [3.05, 3.63) is 29.6 Å². The summed E-state index contributed by atoms with van der Waals surface area (Å²) < 4.78 is 12.5. The lowest BCUT2D eigenvalue weighted by Crippen LogP contribution is -2.15. The van der Waals surface area contributed by atoms with E-state index < -0.39 is 23.8 Å². The molecule has 0 aliphatic heterocycles. The first kappa shape index (κ1) is 10.4. The van der Waals surface area contributed by atoms with Crippen LogP contribution in [0.3, 0.4) is 0 Å². The van der Waals surface area contributed by atoms with E-state index in [1.165, 1.54) is 6.07 Å². The van der Waals surface area contributed by atoms with Crippen molar-refractivity contribution >= 4 is 0 Å². The number of hydrogen-bond acceptors (Lipinski definition) is 4. The Balaban J connectivity index is 3.03. The molecule has 0 saturated carbocycles. The highest BCUT2D eigenvalue weighted by Crippen LogP contribution is 2.26. The van der Waals surface area contributed by atoms with E-state index in [1.807, 2.05) is 0 Å². The van der Waals surface area contributed by atoms with Crippen LogP contribution in [0.25, 0.3) is 0 Å². The molecule has 0 bridgehead atoms. The maximum Gasteiger partial charge on any atom is 0.170 e. The van der Waals surface area contributed by atoms with E-state index in [9.17, 15) is 14.6 Å². The van der Waals surface area contributed by atoms with Gasteiger partial charge in [-0.1, -0.05) is 0 Å². The van der Waals surface area contributed by atoms with Crippen molar-refractivity contribution in [1.82, 2.24) is 0 Å². The minimum Gasteiger partial charge on any atom is -0.507 e. The fourth-order valence-electron chi connectivity index (χ4n) is 1.01. The zero-order valence-electron chi connectivity index (χ0n) is 7.05. The third-order valence-corrected chi connectivity index (χ3v) is 1.74. The zero-order chi connectivity index (χ0) is 10.7. The van der Waals surface area contributed by atoms with E-state index in [-0.39, 0.29) is 5.56 Å². The molecule has 0 saturated heterocycles. The fraction of sp³-hybridized carbons (Fsp3) is 0.222. The summed E-state index contributed by atoms with van der Waals surface area (Å²) in [5.74, 6) is -1.16. The van der Waals surface area contributed by atoms with Gasteiger partial charge >= 0.3 is 0 Å². The van der Waals surface area contributed by atoms with Crippen molar-refractivity contribution in [1.29, 1.82) is 5.26 Å². The molecule has 0 heterocycles. The minimum atomic E-state index is -1.65. The molecule has 14 heavy (non-hydrogen) atoms. The van der Waals surface area contributed by atoms with Crippen molar-refractivity contribution in [3.63, 3.8) is 0 Å². The Bertz CT molecular complexity index is 375. The summed E-state index contributed by atoms with van der Waals surface area (Å²) in [4.78, 5) is 0. The second kappa shape index (κ2) is 4.05. The number of halogens is 1. The van der Waals surface area contributed by atoms with Crippen LogP contribution in [0.5, 0.6) is 5.75 Å². The first-order chi connectivity index (χ1) is 6.56. The van der Waals surface area contributed by atoms with Crippen molar-refractivity contribution in [2.75, 3.05) is 0 Å². The lowest BCUT2D eigenvalue weighted by Gasteiger charge is -2.13. The summed E-state index contributed by atoms with van der Waals surface area (Å²) in [6, 6.07) is 4.32. The Hall–Kier alpha value is -1.64. The van der Waals surface area contributed by atoms with Gasteiger partial charge in [0.2, 0.25) is 0 Å². The standard InChI is InChI=1S/C9H8FNO3/c10-5-1-2-6(7(12)3-5)9(14)8(13)4-11/h1-3,8-9,12-14H. The number of aliphatic hydroxyl groups is 2. The molecule has 1 rings (SSSR count). The fourth-order valence-corrected chi connectivity index (χ4v) is 1.01. The normalized spacial score (nSPS) is 14.4. The number of aromatic hydroxyl groups is 1. The second-order valence-electron chi connectivity index (χ2n) is 2.72. The van der Waals surface area contributed by atoms with Gasteiger partial charge in [-0.2, -0.15) is 5.26 Å². The van der Waals surface area contributed by atoms with Gasteiger partial charge in [0.25, 0.3) is 0 Å². The van der Waals surface area contributed by atoms with Gasteiger partial charge in [-0.3, -0.25) is 0 Å². The van der Waals surface area contributed by atoms with Crippen LogP contribution in [0, 0.1) is 17.1 Å². The molecule has 74 valence electrons. The van der Waals surface area contributed by atoms with Gasteiger partial charge in [-0.25, -0.2) is 4.39 Å². The lowest BCUT2D eigenvalue weighted by atomic mass is 10.0. The van der Waals surface area contributed by atoms with E-state index in [0.29, 0.717) is 0 Å². The lowest BCUT2D eigenvalue weighted by molar-refractivity contribution is 0.0511. The van der Waals surface area contributed by atoms with Crippen molar-refractivity contribution in [3.8, 4) is 11.8 Å². The van der Waals surface area contributed by atoms with E-state index in [2.05, 4.69) is 0 Å². The zero-order valence-corrected chi connectivity index (χ0v) is 7.05. The average Bonchev–Trinajstić information content (AvgIpc) is 2.15. The molecule has 2 atom stereocenters. The third kappa shape index (κ3) is 1.99. The Morgan fingerprint density at radius 2 is 2.00 bits per heavy atom. The molecule has 0 fully saturated rings.